The first-order valence-electron chi connectivity index (χ1n) is 5.03. The second-order valence-corrected chi connectivity index (χ2v) is 4.86. The lowest BCUT2D eigenvalue weighted by atomic mass is 10.00. The first-order chi connectivity index (χ1) is 7.36. The number of pyridine rings is 1. The Morgan fingerprint density at radius 3 is 2.56 bits per heavy atom. The summed E-state index contributed by atoms with van der Waals surface area (Å²) in [6, 6.07) is 2.11. The van der Waals surface area contributed by atoms with Crippen molar-refractivity contribution in [3.05, 3.63) is 29.6 Å². The van der Waals surface area contributed by atoms with Crippen LogP contribution in [0.4, 0.5) is 13.2 Å². The van der Waals surface area contributed by atoms with Gasteiger partial charge in [-0.2, -0.15) is 13.2 Å². The third-order valence-corrected chi connectivity index (χ3v) is 3.95. The van der Waals surface area contributed by atoms with Crippen LogP contribution in [0.5, 0.6) is 0 Å². The average Bonchev–Trinajstić information content (AvgIpc) is 2.26. The molecule has 2 unspecified atom stereocenters. The normalized spacial score (nSPS) is 15.9. The molecule has 0 spiro atoms. The molecule has 0 aliphatic carbocycles. The molecule has 0 aliphatic heterocycles. The number of aromatic nitrogens is 1. The van der Waals surface area contributed by atoms with E-state index in [0.717, 1.165) is 18.6 Å². The number of rotatable bonds is 3. The molecule has 0 aromatic carbocycles. The molecule has 1 nitrogen and oxygen atoms in total. The van der Waals surface area contributed by atoms with E-state index in [1.165, 1.54) is 6.20 Å². The van der Waals surface area contributed by atoms with Crippen LogP contribution >= 0.6 is 15.9 Å². The Morgan fingerprint density at radius 1 is 1.44 bits per heavy atom. The van der Waals surface area contributed by atoms with Crippen LogP contribution in [-0.2, 0) is 6.18 Å². The third-order valence-electron chi connectivity index (χ3n) is 2.51. The summed E-state index contributed by atoms with van der Waals surface area (Å²) in [5.41, 5.74) is -0.168. The van der Waals surface area contributed by atoms with Crippen molar-refractivity contribution in [2.75, 3.05) is 0 Å². The van der Waals surface area contributed by atoms with Crippen LogP contribution < -0.4 is 0 Å². The van der Waals surface area contributed by atoms with Crippen LogP contribution in [-0.4, -0.2) is 9.81 Å². The molecule has 1 aromatic heterocycles. The Kier molecular flexibility index (Phi) is 4.35. The summed E-state index contributed by atoms with van der Waals surface area (Å²) in [7, 11) is 0. The zero-order valence-electron chi connectivity index (χ0n) is 9.05. The standard InChI is InChI=1S/C11H13BrF3N/c1-3-9(12)7(2)10-6-8(4-5-16-10)11(13,14)15/h4-7,9H,3H2,1-2H3. The van der Waals surface area contributed by atoms with Crippen LogP contribution in [0.3, 0.4) is 0 Å². The smallest absolute Gasteiger partial charge is 0.261 e. The van der Waals surface area contributed by atoms with Crippen molar-refractivity contribution in [1.29, 1.82) is 0 Å². The van der Waals surface area contributed by atoms with Gasteiger partial charge in [0.1, 0.15) is 0 Å². The van der Waals surface area contributed by atoms with Crippen molar-refractivity contribution in [1.82, 2.24) is 4.98 Å². The van der Waals surface area contributed by atoms with Crippen LogP contribution in [0.1, 0.15) is 37.4 Å². The van der Waals surface area contributed by atoms with Gasteiger partial charge in [-0.3, -0.25) is 4.98 Å². The Morgan fingerprint density at radius 2 is 2.06 bits per heavy atom. The number of alkyl halides is 4. The van der Waals surface area contributed by atoms with Crippen LogP contribution in [0.25, 0.3) is 0 Å². The Bertz CT molecular complexity index is 351. The van der Waals surface area contributed by atoms with Gasteiger partial charge in [0.2, 0.25) is 0 Å². The van der Waals surface area contributed by atoms with E-state index in [-0.39, 0.29) is 10.7 Å². The summed E-state index contributed by atoms with van der Waals surface area (Å²) >= 11 is 3.43. The second-order valence-electron chi connectivity index (χ2n) is 3.68. The number of nitrogens with zero attached hydrogens (tertiary/aromatic N) is 1. The van der Waals surface area contributed by atoms with Crippen molar-refractivity contribution in [2.45, 2.75) is 37.2 Å². The molecule has 0 saturated heterocycles. The molecule has 1 aromatic rings. The number of hydrogen-bond donors (Lipinski definition) is 0. The number of hydrogen-bond acceptors (Lipinski definition) is 1. The quantitative estimate of drug-likeness (QED) is 0.754. The van der Waals surface area contributed by atoms with E-state index in [1.807, 2.05) is 13.8 Å². The van der Waals surface area contributed by atoms with Gasteiger partial charge in [-0.15, -0.1) is 0 Å². The monoisotopic (exact) mass is 295 g/mol. The fourth-order valence-corrected chi connectivity index (χ4v) is 1.68. The maximum atomic E-state index is 12.5. The zero-order chi connectivity index (χ0) is 12.3. The van der Waals surface area contributed by atoms with Crippen LogP contribution in [0.15, 0.2) is 18.3 Å². The Labute approximate surface area is 101 Å². The summed E-state index contributed by atoms with van der Waals surface area (Å²) < 4.78 is 37.4. The maximum absolute atomic E-state index is 12.5. The van der Waals surface area contributed by atoms with Crippen molar-refractivity contribution in [3.63, 3.8) is 0 Å². The molecule has 0 fully saturated rings. The van der Waals surface area contributed by atoms with E-state index in [4.69, 9.17) is 0 Å². The summed E-state index contributed by atoms with van der Waals surface area (Å²) in [6.45, 7) is 3.84. The molecule has 90 valence electrons. The summed E-state index contributed by atoms with van der Waals surface area (Å²) in [5, 5.41) is 0. The van der Waals surface area contributed by atoms with Crippen LogP contribution in [0.2, 0.25) is 0 Å². The zero-order valence-corrected chi connectivity index (χ0v) is 10.6. The third kappa shape index (κ3) is 3.20. The fourth-order valence-electron chi connectivity index (χ4n) is 1.41. The highest BCUT2D eigenvalue weighted by atomic mass is 79.9. The SMILES string of the molecule is CCC(Br)C(C)c1cc(C(F)(F)F)ccn1. The highest BCUT2D eigenvalue weighted by Gasteiger charge is 2.31. The van der Waals surface area contributed by atoms with Crippen molar-refractivity contribution >= 4 is 15.9 Å². The highest BCUT2D eigenvalue weighted by Crippen LogP contribution is 2.32. The Balaban J connectivity index is 2.99. The molecular formula is C11H13BrF3N. The summed E-state index contributed by atoms with van der Waals surface area (Å²) in [6.07, 6.45) is -2.24. The average molecular weight is 296 g/mol. The molecule has 1 rings (SSSR count). The minimum atomic E-state index is -4.30. The van der Waals surface area contributed by atoms with Gasteiger partial charge in [0.15, 0.2) is 0 Å². The predicted molar refractivity (Wildman–Crippen MR) is 60.7 cm³/mol. The van der Waals surface area contributed by atoms with E-state index < -0.39 is 11.7 Å². The van der Waals surface area contributed by atoms with E-state index in [9.17, 15) is 13.2 Å². The van der Waals surface area contributed by atoms with E-state index >= 15 is 0 Å². The molecule has 5 heteroatoms. The summed E-state index contributed by atoms with van der Waals surface area (Å²) in [4.78, 5) is 4.13. The molecule has 0 saturated carbocycles. The minimum absolute atomic E-state index is 0.0349. The predicted octanol–water partition coefficient (Wildman–Crippen LogP) is 4.38. The molecule has 0 aliphatic rings. The van der Waals surface area contributed by atoms with Gasteiger partial charge in [0.05, 0.1) is 5.56 Å². The van der Waals surface area contributed by atoms with Crippen molar-refractivity contribution in [2.24, 2.45) is 0 Å². The van der Waals surface area contributed by atoms with Gasteiger partial charge in [-0.1, -0.05) is 29.8 Å². The second kappa shape index (κ2) is 5.17. The van der Waals surface area contributed by atoms with Gasteiger partial charge < -0.3 is 0 Å². The van der Waals surface area contributed by atoms with Crippen LogP contribution in [0, 0.1) is 0 Å². The molecule has 2 atom stereocenters. The van der Waals surface area contributed by atoms with Crippen molar-refractivity contribution < 1.29 is 13.2 Å². The minimum Gasteiger partial charge on any atom is -0.261 e. The van der Waals surface area contributed by atoms with Gasteiger partial charge in [-0.05, 0) is 18.6 Å². The molecule has 0 bridgehead atoms. The van der Waals surface area contributed by atoms with Gasteiger partial charge in [0.25, 0.3) is 0 Å². The lowest BCUT2D eigenvalue weighted by Gasteiger charge is -2.17. The van der Waals surface area contributed by atoms with Gasteiger partial charge in [0, 0.05) is 22.6 Å². The van der Waals surface area contributed by atoms with E-state index in [0.29, 0.717) is 5.69 Å². The molecule has 0 radical (unpaired) electrons. The number of halogens is 4. The largest absolute Gasteiger partial charge is 0.416 e. The lowest BCUT2D eigenvalue weighted by Crippen LogP contribution is -2.12. The summed E-state index contributed by atoms with van der Waals surface area (Å²) in [5.74, 6) is -0.0349. The lowest BCUT2D eigenvalue weighted by molar-refractivity contribution is -0.137. The Hall–Kier alpha value is -0.580. The fraction of sp³-hybridized carbons (Fsp3) is 0.545. The molecule has 16 heavy (non-hydrogen) atoms. The van der Waals surface area contributed by atoms with E-state index in [1.54, 1.807) is 0 Å². The molecule has 0 N–H and O–H groups in total. The highest BCUT2D eigenvalue weighted by molar-refractivity contribution is 9.09. The van der Waals surface area contributed by atoms with Crippen molar-refractivity contribution in [3.8, 4) is 0 Å². The first-order valence-corrected chi connectivity index (χ1v) is 5.95. The van der Waals surface area contributed by atoms with Gasteiger partial charge >= 0.3 is 6.18 Å². The van der Waals surface area contributed by atoms with Gasteiger partial charge in [-0.25, -0.2) is 0 Å². The first kappa shape index (κ1) is 13.5. The maximum Gasteiger partial charge on any atom is 0.416 e. The molecule has 0 amide bonds. The molecule has 1 heterocycles. The topological polar surface area (TPSA) is 12.9 Å². The molecular weight excluding hydrogens is 283 g/mol. The van der Waals surface area contributed by atoms with E-state index in [2.05, 4.69) is 20.9 Å².